The lowest BCUT2D eigenvalue weighted by molar-refractivity contribution is 0.0756. The Morgan fingerprint density at radius 1 is 1.24 bits per heavy atom. The van der Waals surface area contributed by atoms with Crippen molar-refractivity contribution in [3.05, 3.63) is 40.7 Å². The van der Waals surface area contributed by atoms with Crippen molar-refractivity contribution >= 4 is 23.1 Å². The van der Waals surface area contributed by atoms with Gasteiger partial charge in [0.1, 0.15) is 11.1 Å². The van der Waals surface area contributed by atoms with E-state index in [-0.39, 0.29) is 6.10 Å². The lowest BCUT2D eigenvalue weighted by Gasteiger charge is -2.19. The molecule has 2 heterocycles. The minimum Gasteiger partial charge on any atom is -0.369 e. The van der Waals surface area contributed by atoms with Crippen molar-refractivity contribution in [3.63, 3.8) is 0 Å². The molecular formula is C13H13NOS2. The molecule has 1 aliphatic rings. The molecule has 0 aliphatic carbocycles. The van der Waals surface area contributed by atoms with E-state index >= 15 is 0 Å². The first-order valence-electron chi connectivity index (χ1n) is 5.64. The van der Waals surface area contributed by atoms with Crippen LogP contribution in [-0.2, 0) is 4.74 Å². The molecule has 1 saturated heterocycles. The molecular weight excluding hydrogens is 250 g/mol. The van der Waals surface area contributed by atoms with Crippen LogP contribution in [0.5, 0.6) is 0 Å². The molecule has 1 aromatic heterocycles. The van der Waals surface area contributed by atoms with Gasteiger partial charge in [-0.2, -0.15) is 11.8 Å². The molecule has 1 atom stereocenters. The number of hydrogen-bond donors (Lipinski definition) is 0. The summed E-state index contributed by atoms with van der Waals surface area (Å²) >= 11 is 3.65. The van der Waals surface area contributed by atoms with Crippen molar-refractivity contribution in [1.82, 2.24) is 4.98 Å². The zero-order valence-electron chi connectivity index (χ0n) is 9.33. The van der Waals surface area contributed by atoms with E-state index in [0.717, 1.165) is 28.8 Å². The molecule has 0 amide bonds. The van der Waals surface area contributed by atoms with Gasteiger partial charge < -0.3 is 4.74 Å². The Hall–Kier alpha value is -0.840. The van der Waals surface area contributed by atoms with Crippen molar-refractivity contribution < 1.29 is 4.74 Å². The van der Waals surface area contributed by atoms with Crippen LogP contribution in [-0.4, -0.2) is 23.1 Å². The van der Waals surface area contributed by atoms with E-state index in [4.69, 9.17) is 4.74 Å². The van der Waals surface area contributed by atoms with Gasteiger partial charge >= 0.3 is 0 Å². The van der Waals surface area contributed by atoms with Gasteiger partial charge in [-0.1, -0.05) is 30.3 Å². The number of rotatable bonds is 2. The molecule has 0 saturated carbocycles. The van der Waals surface area contributed by atoms with Crippen LogP contribution in [0.25, 0.3) is 11.3 Å². The molecule has 0 N–H and O–H groups in total. The van der Waals surface area contributed by atoms with Crippen LogP contribution in [0, 0.1) is 0 Å². The minimum absolute atomic E-state index is 0.191. The van der Waals surface area contributed by atoms with Crippen LogP contribution < -0.4 is 0 Å². The second kappa shape index (κ2) is 5.21. The number of ether oxygens (including phenoxy) is 1. The van der Waals surface area contributed by atoms with Crippen molar-refractivity contribution in [1.29, 1.82) is 0 Å². The first-order valence-corrected chi connectivity index (χ1v) is 7.67. The minimum atomic E-state index is 0.191. The van der Waals surface area contributed by atoms with E-state index < -0.39 is 0 Å². The Kier molecular flexibility index (Phi) is 3.45. The van der Waals surface area contributed by atoms with Crippen molar-refractivity contribution in [3.8, 4) is 11.3 Å². The van der Waals surface area contributed by atoms with Gasteiger partial charge in [0, 0.05) is 22.4 Å². The maximum Gasteiger partial charge on any atom is 0.123 e. The quantitative estimate of drug-likeness (QED) is 0.826. The number of thiazole rings is 1. The molecule has 3 rings (SSSR count). The average molecular weight is 263 g/mol. The van der Waals surface area contributed by atoms with E-state index in [1.807, 2.05) is 30.0 Å². The highest BCUT2D eigenvalue weighted by atomic mass is 32.2. The molecule has 17 heavy (non-hydrogen) atoms. The predicted molar refractivity (Wildman–Crippen MR) is 73.6 cm³/mol. The van der Waals surface area contributed by atoms with E-state index in [9.17, 15) is 0 Å². The number of aromatic nitrogens is 1. The van der Waals surface area contributed by atoms with E-state index in [2.05, 4.69) is 22.5 Å². The van der Waals surface area contributed by atoms with Gasteiger partial charge in [-0.05, 0) is 0 Å². The molecule has 2 aromatic rings. The summed E-state index contributed by atoms with van der Waals surface area (Å²) in [6, 6.07) is 10.3. The first kappa shape index (κ1) is 11.3. The Morgan fingerprint density at radius 3 is 2.88 bits per heavy atom. The SMILES string of the molecule is c1ccc(-c2csc(C3CSCCO3)n2)cc1. The fourth-order valence-corrected chi connectivity index (χ4v) is 3.64. The summed E-state index contributed by atoms with van der Waals surface area (Å²) in [5.74, 6) is 2.13. The number of benzene rings is 1. The highest BCUT2D eigenvalue weighted by Crippen LogP contribution is 2.31. The van der Waals surface area contributed by atoms with Crippen LogP contribution in [0.4, 0.5) is 0 Å². The Morgan fingerprint density at radius 2 is 2.12 bits per heavy atom. The molecule has 2 nitrogen and oxygen atoms in total. The summed E-state index contributed by atoms with van der Waals surface area (Å²) in [4.78, 5) is 4.68. The predicted octanol–water partition coefficient (Wildman–Crippen LogP) is 3.61. The second-order valence-corrected chi connectivity index (χ2v) is 5.91. The van der Waals surface area contributed by atoms with Gasteiger partial charge in [-0.25, -0.2) is 4.98 Å². The topological polar surface area (TPSA) is 22.1 Å². The third-order valence-corrected chi connectivity index (χ3v) is 4.61. The largest absolute Gasteiger partial charge is 0.369 e. The Bertz CT molecular complexity index is 477. The first-order chi connectivity index (χ1) is 8.43. The third-order valence-electron chi connectivity index (χ3n) is 2.68. The van der Waals surface area contributed by atoms with E-state index in [0.29, 0.717) is 0 Å². The smallest absolute Gasteiger partial charge is 0.123 e. The van der Waals surface area contributed by atoms with Gasteiger partial charge in [0.15, 0.2) is 0 Å². The maximum atomic E-state index is 5.74. The molecule has 0 spiro atoms. The standard InChI is InChI=1S/C13H13NOS2/c1-2-4-10(5-3-1)11-8-17-13(14-11)12-9-16-7-6-15-12/h1-5,8,12H,6-7,9H2. The van der Waals surface area contributed by atoms with Gasteiger partial charge in [-0.15, -0.1) is 11.3 Å². The van der Waals surface area contributed by atoms with Crippen LogP contribution in [0.1, 0.15) is 11.1 Å². The van der Waals surface area contributed by atoms with Crippen molar-refractivity contribution in [2.45, 2.75) is 6.10 Å². The monoisotopic (exact) mass is 263 g/mol. The summed E-state index contributed by atoms with van der Waals surface area (Å²) in [5, 5.41) is 3.23. The Labute approximate surface area is 109 Å². The summed E-state index contributed by atoms with van der Waals surface area (Å²) in [5.41, 5.74) is 2.24. The van der Waals surface area contributed by atoms with E-state index in [1.54, 1.807) is 11.3 Å². The highest BCUT2D eigenvalue weighted by molar-refractivity contribution is 7.99. The number of nitrogens with zero attached hydrogens (tertiary/aromatic N) is 1. The lowest BCUT2D eigenvalue weighted by atomic mass is 10.2. The summed E-state index contributed by atoms with van der Waals surface area (Å²) in [6.45, 7) is 0.843. The molecule has 1 unspecified atom stereocenters. The van der Waals surface area contributed by atoms with Gasteiger partial charge in [-0.3, -0.25) is 0 Å². The highest BCUT2D eigenvalue weighted by Gasteiger charge is 2.19. The zero-order valence-corrected chi connectivity index (χ0v) is 11.0. The molecule has 4 heteroatoms. The molecule has 1 aliphatic heterocycles. The van der Waals surface area contributed by atoms with Crippen LogP contribution in [0.15, 0.2) is 35.7 Å². The van der Waals surface area contributed by atoms with Crippen LogP contribution in [0.3, 0.4) is 0 Å². The van der Waals surface area contributed by atoms with Crippen molar-refractivity contribution in [2.24, 2.45) is 0 Å². The normalized spacial score (nSPS) is 20.4. The van der Waals surface area contributed by atoms with E-state index in [1.165, 1.54) is 5.56 Å². The molecule has 88 valence electrons. The van der Waals surface area contributed by atoms with Gasteiger partial charge in [0.05, 0.1) is 12.3 Å². The molecule has 1 aromatic carbocycles. The summed E-state index contributed by atoms with van der Waals surface area (Å²) in [6.07, 6.45) is 0.191. The zero-order chi connectivity index (χ0) is 11.5. The fourth-order valence-electron chi connectivity index (χ4n) is 1.81. The average Bonchev–Trinajstić information content (AvgIpc) is 2.90. The van der Waals surface area contributed by atoms with Crippen LogP contribution in [0.2, 0.25) is 0 Å². The molecule has 0 radical (unpaired) electrons. The van der Waals surface area contributed by atoms with Gasteiger partial charge in [0.2, 0.25) is 0 Å². The molecule has 0 bridgehead atoms. The second-order valence-electron chi connectivity index (χ2n) is 3.87. The Balaban J connectivity index is 1.83. The number of hydrogen-bond acceptors (Lipinski definition) is 4. The fraction of sp³-hybridized carbons (Fsp3) is 0.308. The number of thioether (sulfide) groups is 1. The van der Waals surface area contributed by atoms with Gasteiger partial charge in [0.25, 0.3) is 0 Å². The maximum absolute atomic E-state index is 5.74. The third kappa shape index (κ3) is 2.54. The van der Waals surface area contributed by atoms with Crippen LogP contribution >= 0.6 is 23.1 Å². The van der Waals surface area contributed by atoms with Crippen molar-refractivity contribution in [2.75, 3.05) is 18.1 Å². The summed E-state index contributed by atoms with van der Waals surface area (Å²) in [7, 11) is 0. The summed E-state index contributed by atoms with van der Waals surface area (Å²) < 4.78 is 5.74. The molecule has 1 fully saturated rings. The lowest BCUT2D eigenvalue weighted by Crippen LogP contribution is -2.15.